The fourth-order valence-electron chi connectivity index (χ4n) is 3.15. The highest BCUT2D eigenvalue weighted by Gasteiger charge is 2.25. The topological polar surface area (TPSA) is 88.5 Å². The molecule has 0 aliphatic carbocycles. The maximum atomic E-state index is 11.0. The first-order valence-corrected chi connectivity index (χ1v) is 8.03. The standard InChI is InChI=1S/C17H21N5O2/c18-13-16(14-4-3-5-15(12-14)22(23)24)20-8-10-21(11-9-20)17-6-1-2-7-19-17/h1-7,12,16H,8-11,13,18H2. The number of nitro groups is 1. The summed E-state index contributed by atoms with van der Waals surface area (Å²) in [6.45, 7) is 3.86. The Morgan fingerprint density at radius 1 is 1.17 bits per heavy atom. The Hall–Kier alpha value is -2.51. The number of pyridine rings is 1. The van der Waals surface area contributed by atoms with E-state index in [0.29, 0.717) is 6.54 Å². The quantitative estimate of drug-likeness (QED) is 0.665. The fraction of sp³-hybridized carbons (Fsp3) is 0.353. The van der Waals surface area contributed by atoms with Crippen LogP contribution in [0, 0.1) is 10.1 Å². The number of nitro benzene ring substituents is 1. The lowest BCUT2D eigenvalue weighted by Gasteiger charge is -2.39. The van der Waals surface area contributed by atoms with Gasteiger partial charge in [0, 0.05) is 57.1 Å². The lowest BCUT2D eigenvalue weighted by molar-refractivity contribution is -0.384. The molecule has 1 aromatic heterocycles. The summed E-state index contributed by atoms with van der Waals surface area (Å²) in [6, 6.07) is 12.7. The van der Waals surface area contributed by atoms with Crippen LogP contribution in [0.15, 0.2) is 48.7 Å². The van der Waals surface area contributed by atoms with E-state index in [9.17, 15) is 10.1 Å². The third-order valence-electron chi connectivity index (χ3n) is 4.42. The van der Waals surface area contributed by atoms with Crippen LogP contribution in [0.5, 0.6) is 0 Å². The number of anilines is 1. The molecule has 0 amide bonds. The minimum absolute atomic E-state index is 0.00391. The van der Waals surface area contributed by atoms with Gasteiger partial charge in [-0.2, -0.15) is 0 Å². The van der Waals surface area contributed by atoms with Crippen molar-refractivity contribution in [3.63, 3.8) is 0 Å². The van der Waals surface area contributed by atoms with Crippen molar-refractivity contribution >= 4 is 11.5 Å². The third-order valence-corrected chi connectivity index (χ3v) is 4.42. The molecule has 24 heavy (non-hydrogen) atoms. The summed E-state index contributed by atoms with van der Waals surface area (Å²) >= 11 is 0. The number of aromatic nitrogens is 1. The summed E-state index contributed by atoms with van der Waals surface area (Å²) in [4.78, 5) is 19.5. The lowest BCUT2D eigenvalue weighted by atomic mass is 10.0. The maximum Gasteiger partial charge on any atom is 0.269 e. The van der Waals surface area contributed by atoms with Crippen molar-refractivity contribution in [3.05, 3.63) is 64.3 Å². The van der Waals surface area contributed by atoms with Gasteiger partial charge in [-0.15, -0.1) is 0 Å². The van der Waals surface area contributed by atoms with Crippen LogP contribution in [0.2, 0.25) is 0 Å². The van der Waals surface area contributed by atoms with Crippen LogP contribution in [0.4, 0.5) is 11.5 Å². The van der Waals surface area contributed by atoms with E-state index < -0.39 is 0 Å². The monoisotopic (exact) mass is 327 g/mol. The third kappa shape index (κ3) is 3.52. The molecule has 1 atom stereocenters. The first-order chi connectivity index (χ1) is 11.7. The van der Waals surface area contributed by atoms with Crippen molar-refractivity contribution in [3.8, 4) is 0 Å². The summed E-state index contributed by atoms with van der Waals surface area (Å²) < 4.78 is 0. The number of rotatable bonds is 5. The van der Waals surface area contributed by atoms with Crippen molar-refractivity contribution in [1.29, 1.82) is 0 Å². The molecule has 2 heterocycles. The van der Waals surface area contributed by atoms with Crippen LogP contribution >= 0.6 is 0 Å². The molecule has 0 radical (unpaired) electrons. The first-order valence-electron chi connectivity index (χ1n) is 8.03. The summed E-state index contributed by atoms with van der Waals surface area (Å²) in [7, 11) is 0. The van der Waals surface area contributed by atoms with Gasteiger partial charge in [-0.1, -0.05) is 18.2 Å². The predicted molar refractivity (Wildman–Crippen MR) is 92.9 cm³/mol. The number of benzene rings is 1. The summed E-state index contributed by atoms with van der Waals surface area (Å²) in [5.41, 5.74) is 6.98. The molecule has 7 heteroatoms. The van der Waals surface area contributed by atoms with Crippen LogP contribution in [-0.4, -0.2) is 47.5 Å². The van der Waals surface area contributed by atoms with E-state index in [1.807, 2.05) is 24.3 Å². The molecule has 1 aliphatic heterocycles. The van der Waals surface area contributed by atoms with Gasteiger partial charge >= 0.3 is 0 Å². The summed E-state index contributed by atoms with van der Waals surface area (Å²) in [6.07, 6.45) is 1.80. The molecule has 0 spiro atoms. The molecule has 1 unspecified atom stereocenters. The molecule has 7 nitrogen and oxygen atoms in total. The van der Waals surface area contributed by atoms with E-state index in [-0.39, 0.29) is 16.7 Å². The molecule has 0 bridgehead atoms. The Bertz CT molecular complexity index is 686. The Labute approximate surface area is 140 Å². The predicted octanol–water partition coefficient (Wildman–Crippen LogP) is 1.81. The van der Waals surface area contributed by atoms with Crippen LogP contribution in [0.1, 0.15) is 11.6 Å². The van der Waals surface area contributed by atoms with E-state index in [1.54, 1.807) is 18.3 Å². The van der Waals surface area contributed by atoms with E-state index in [4.69, 9.17) is 5.73 Å². The molecule has 0 saturated carbocycles. The second-order valence-electron chi connectivity index (χ2n) is 5.81. The molecule has 126 valence electrons. The molecule has 2 N–H and O–H groups in total. The number of nitrogens with two attached hydrogens (primary N) is 1. The van der Waals surface area contributed by atoms with Crippen LogP contribution in [0.25, 0.3) is 0 Å². The van der Waals surface area contributed by atoms with Crippen LogP contribution < -0.4 is 10.6 Å². The van der Waals surface area contributed by atoms with Gasteiger partial charge in [0.05, 0.1) is 4.92 Å². The lowest BCUT2D eigenvalue weighted by Crippen LogP contribution is -2.49. The van der Waals surface area contributed by atoms with Gasteiger partial charge in [0.15, 0.2) is 0 Å². The van der Waals surface area contributed by atoms with E-state index >= 15 is 0 Å². The molecule has 2 aromatic rings. The number of non-ortho nitro benzene ring substituents is 1. The normalized spacial score (nSPS) is 16.8. The summed E-state index contributed by atoms with van der Waals surface area (Å²) in [5.74, 6) is 0.983. The molecule has 1 fully saturated rings. The molecular formula is C17H21N5O2. The molecule has 1 aliphatic rings. The van der Waals surface area contributed by atoms with Gasteiger partial charge in [0.2, 0.25) is 0 Å². The van der Waals surface area contributed by atoms with Crippen LogP contribution in [-0.2, 0) is 0 Å². The maximum absolute atomic E-state index is 11.0. The van der Waals surface area contributed by atoms with Gasteiger partial charge in [-0.05, 0) is 17.7 Å². The number of hydrogen-bond acceptors (Lipinski definition) is 6. The van der Waals surface area contributed by atoms with Crippen molar-refractivity contribution in [2.24, 2.45) is 5.73 Å². The van der Waals surface area contributed by atoms with Gasteiger partial charge < -0.3 is 10.6 Å². The SMILES string of the molecule is NCC(c1cccc([N+](=O)[O-])c1)N1CCN(c2ccccn2)CC1. The first kappa shape index (κ1) is 16.4. The van der Waals surface area contributed by atoms with E-state index in [2.05, 4.69) is 14.8 Å². The number of piperazine rings is 1. The zero-order chi connectivity index (χ0) is 16.9. The Balaban J connectivity index is 1.70. The minimum atomic E-state index is -0.365. The Morgan fingerprint density at radius 2 is 1.96 bits per heavy atom. The smallest absolute Gasteiger partial charge is 0.269 e. The second-order valence-corrected chi connectivity index (χ2v) is 5.81. The fourth-order valence-corrected chi connectivity index (χ4v) is 3.15. The van der Waals surface area contributed by atoms with E-state index in [1.165, 1.54) is 6.07 Å². The van der Waals surface area contributed by atoms with Crippen molar-refractivity contribution in [2.45, 2.75) is 6.04 Å². The molecule has 3 rings (SSSR count). The zero-order valence-electron chi connectivity index (χ0n) is 13.4. The molecule has 1 saturated heterocycles. The van der Waals surface area contributed by atoms with Gasteiger partial charge in [-0.25, -0.2) is 4.98 Å². The van der Waals surface area contributed by atoms with Gasteiger partial charge in [0.25, 0.3) is 5.69 Å². The Kier molecular flexibility index (Phi) is 5.02. The average Bonchev–Trinajstić information content (AvgIpc) is 2.64. The van der Waals surface area contributed by atoms with Gasteiger partial charge in [-0.3, -0.25) is 15.0 Å². The largest absolute Gasteiger partial charge is 0.354 e. The van der Waals surface area contributed by atoms with Crippen molar-refractivity contribution < 1.29 is 4.92 Å². The second kappa shape index (κ2) is 7.37. The van der Waals surface area contributed by atoms with Crippen molar-refractivity contribution in [1.82, 2.24) is 9.88 Å². The van der Waals surface area contributed by atoms with E-state index in [0.717, 1.165) is 37.6 Å². The molecular weight excluding hydrogens is 306 g/mol. The van der Waals surface area contributed by atoms with Crippen LogP contribution in [0.3, 0.4) is 0 Å². The molecule has 1 aromatic carbocycles. The Morgan fingerprint density at radius 3 is 2.58 bits per heavy atom. The highest BCUT2D eigenvalue weighted by molar-refractivity contribution is 5.39. The minimum Gasteiger partial charge on any atom is -0.354 e. The highest BCUT2D eigenvalue weighted by Crippen LogP contribution is 2.25. The summed E-state index contributed by atoms with van der Waals surface area (Å²) in [5, 5.41) is 11.0. The zero-order valence-corrected chi connectivity index (χ0v) is 13.4. The van der Waals surface area contributed by atoms with Gasteiger partial charge in [0.1, 0.15) is 5.82 Å². The highest BCUT2D eigenvalue weighted by atomic mass is 16.6. The number of nitrogens with zero attached hydrogens (tertiary/aromatic N) is 4. The number of hydrogen-bond donors (Lipinski definition) is 1. The average molecular weight is 327 g/mol. The van der Waals surface area contributed by atoms with Crippen molar-refractivity contribution in [2.75, 3.05) is 37.6 Å².